The van der Waals surface area contributed by atoms with Crippen LogP contribution in [-0.2, 0) is 4.79 Å². The lowest BCUT2D eigenvalue weighted by molar-refractivity contribution is -0.892. The first-order valence-corrected chi connectivity index (χ1v) is 8.66. The maximum absolute atomic E-state index is 12.1. The summed E-state index contributed by atoms with van der Waals surface area (Å²) in [5.74, 6) is 0.242. The third-order valence-electron chi connectivity index (χ3n) is 5.06. The van der Waals surface area contributed by atoms with Crippen LogP contribution in [-0.4, -0.2) is 44.7 Å². The molecule has 3 rings (SSSR count). The molecule has 2 N–H and O–H groups in total. The van der Waals surface area contributed by atoms with Gasteiger partial charge in [-0.1, -0.05) is 31.0 Å². The smallest absolute Gasteiger partial charge is 0.275 e. The van der Waals surface area contributed by atoms with Crippen molar-refractivity contribution in [3.8, 4) is 0 Å². The lowest BCUT2D eigenvalue weighted by Gasteiger charge is -2.34. The van der Waals surface area contributed by atoms with Gasteiger partial charge in [-0.3, -0.25) is 4.79 Å². The quantitative estimate of drug-likeness (QED) is 0.861. The van der Waals surface area contributed by atoms with E-state index in [0.29, 0.717) is 12.6 Å². The second-order valence-electron chi connectivity index (χ2n) is 6.75. The number of para-hydroxylation sites is 1. The minimum atomic E-state index is 0.242. The number of rotatable bonds is 4. The number of quaternary nitrogens is 1. The predicted molar refractivity (Wildman–Crippen MR) is 89.4 cm³/mol. The fourth-order valence-corrected chi connectivity index (χ4v) is 3.73. The number of nitrogens with zero attached hydrogens (tertiary/aromatic N) is 1. The van der Waals surface area contributed by atoms with Crippen molar-refractivity contribution in [2.45, 2.75) is 38.6 Å². The van der Waals surface area contributed by atoms with E-state index in [4.69, 9.17) is 0 Å². The number of aryl methyl sites for hydroxylation is 1. The number of amides is 1. The van der Waals surface area contributed by atoms with Gasteiger partial charge in [0.15, 0.2) is 6.54 Å². The number of hydrogen-bond donors (Lipinski definition) is 2. The van der Waals surface area contributed by atoms with Crippen LogP contribution in [0.4, 0.5) is 5.69 Å². The van der Waals surface area contributed by atoms with Gasteiger partial charge in [-0.05, 0) is 31.4 Å². The van der Waals surface area contributed by atoms with Crippen molar-refractivity contribution in [3.63, 3.8) is 0 Å². The molecule has 2 fully saturated rings. The zero-order valence-electron chi connectivity index (χ0n) is 13.6. The number of benzene rings is 1. The van der Waals surface area contributed by atoms with Crippen LogP contribution in [0.25, 0.3) is 0 Å². The number of carbonyl (C=O) groups excluding carboxylic acids is 1. The molecule has 1 amide bonds. The molecule has 0 aromatic heterocycles. The van der Waals surface area contributed by atoms with E-state index >= 15 is 0 Å². The van der Waals surface area contributed by atoms with Crippen LogP contribution in [0.1, 0.15) is 31.2 Å². The molecule has 1 heterocycles. The molecule has 1 aliphatic carbocycles. The average molecular weight is 302 g/mol. The van der Waals surface area contributed by atoms with Crippen LogP contribution in [0.5, 0.6) is 0 Å². The summed E-state index contributed by atoms with van der Waals surface area (Å²) in [6, 6.07) is 9.02. The zero-order chi connectivity index (χ0) is 15.4. The second-order valence-corrected chi connectivity index (χ2v) is 6.75. The fraction of sp³-hybridized carbons (Fsp3) is 0.611. The van der Waals surface area contributed by atoms with Crippen molar-refractivity contribution in [1.29, 1.82) is 0 Å². The zero-order valence-corrected chi connectivity index (χ0v) is 13.6. The Morgan fingerprint density at radius 1 is 1.23 bits per heavy atom. The molecule has 0 atom stereocenters. The molecule has 22 heavy (non-hydrogen) atoms. The molecule has 4 nitrogen and oxygen atoms in total. The minimum Gasteiger partial charge on any atom is -0.360 e. The lowest BCUT2D eigenvalue weighted by Crippen LogP contribution is -3.16. The summed E-state index contributed by atoms with van der Waals surface area (Å²) in [5, 5.41) is 3.20. The molecule has 4 heteroatoms. The fourth-order valence-electron chi connectivity index (χ4n) is 3.73. The van der Waals surface area contributed by atoms with E-state index in [1.807, 2.05) is 0 Å². The van der Waals surface area contributed by atoms with E-state index in [0.717, 1.165) is 26.2 Å². The summed E-state index contributed by atoms with van der Waals surface area (Å²) in [5.41, 5.74) is 2.68. The maximum atomic E-state index is 12.1. The minimum absolute atomic E-state index is 0.242. The Hall–Kier alpha value is -1.55. The Balaban J connectivity index is 1.45. The third-order valence-corrected chi connectivity index (χ3v) is 5.06. The van der Waals surface area contributed by atoms with Crippen molar-refractivity contribution >= 4 is 11.6 Å². The molecule has 0 spiro atoms. The molecule has 1 aromatic rings. The number of hydrogen-bond acceptors (Lipinski definition) is 2. The summed E-state index contributed by atoms with van der Waals surface area (Å²) in [4.78, 5) is 16.0. The van der Waals surface area contributed by atoms with Gasteiger partial charge in [-0.15, -0.1) is 0 Å². The van der Waals surface area contributed by atoms with Gasteiger partial charge in [0.2, 0.25) is 0 Å². The summed E-state index contributed by atoms with van der Waals surface area (Å²) >= 11 is 0. The third kappa shape index (κ3) is 3.80. The highest BCUT2D eigenvalue weighted by atomic mass is 16.2. The number of carbonyl (C=O) groups is 1. The van der Waals surface area contributed by atoms with Crippen LogP contribution in [0, 0.1) is 6.92 Å². The summed E-state index contributed by atoms with van der Waals surface area (Å²) in [6.07, 6.45) is 4.88. The highest BCUT2D eigenvalue weighted by Gasteiger charge is 2.24. The predicted octanol–water partition coefficient (Wildman–Crippen LogP) is 0.759. The summed E-state index contributed by atoms with van der Waals surface area (Å²) in [7, 11) is 0. The monoisotopic (exact) mass is 302 g/mol. The van der Waals surface area contributed by atoms with Gasteiger partial charge in [0, 0.05) is 11.7 Å². The van der Waals surface area contributed by atoms with Crippen LogP contribution in [0.3, 0.4) is 0 Å². The van der Waals surface area contributed by atoms with Crippen molar-refractivity contribution in [1.82, 2.24) is 5.32 Å². The molecule has 1 aromatic carbocycles. The molecule has 0 unspecified atom stereocenters. The van der Waals surface area contributed by atoms with Gasteiger partial charge in [0.05, 0.1) is 26.2 Å². The van der Waals surface area contributed by atoms with Crippen molar-refractivity contribution < 1.29 is 9.69 Å². The topological polar surface area (TPSA) is 36.8 Å². The number of anilines is 1. The highest BCUT2D eigenvalue weighted by molar-refractivity contribution is 5.77. The van der Waals surface area contributed by atoms with Crippen LogP contribution < -0.4 is 15.1 Å². The van der Waals surface area contributed by atoms with E-state index < -0.39 is 0 Å². The first-order chi connectivity index (χ1) is 10.7. The first kappa shape index (κ1) is 15.3. The van der Waals surface area contributed by atoms with E-state index in [2.05, 4.69) is 41.4 Å². The highest BCUT2D eigenvalue weighted by Crippen LogP contribution is 2.19. The summed E-state index contributed by atoms with van der Waals surface area (Å²) in [6.45, 7) is 6.98. The largest absolute Gasteiger partial charge is 0.360 e. The molecule has 120 valence electrons. The Morgan fingerprint density at radius 3 is 2.59 bits per heavy atom. The Morgan fingerprint density at radius 2 is 1.91 bits per heavy atom. The SMILES string of the molecule is Cc1ccccc1N1CC[NH+](CC(=O)NC2CCCC2)CC1. The first-order valence-electron chi connectivity index (χ1n) is 8.66. The van der Waals surface area contributed by atoms with Gasteiger partial charge in [0.1, 0.15) is 0 Å². The Labute approximate surface area is 133 Å². The van der Waals surface area contributed by atoms with E-state index in [9.17, 15) is 4.79 Å². The molecule has 0 radical (unpaired) electrons. The molecular weight excluding hydrogens is 274 g/mol. The van der Waals surface area contributed by atoms with Gasteiger partial charge in [-0.2, -0.15) is 0 Å². The van der Waals surface area contributed by atoms with Crippen LogP contribution >= 0.6 is 0 Å². The number of nitrogens with one attached hydrogen (secondary N) is 2. The summed E-state index contributed by atoms with van der Waals surface area (Å²) < 4.78 is 0. The van der Waals surface area contributed by atoms with Crippen LogP contribution in [0.2, 0.25) is 0 Å². The molecule has 1 saturated carbocycles. The van der Waals surface area contributed by atoms with Gasteiger partial charge >= 0.3 is 0 Å². The normalized spacial score (nSPS) is 20.3. The van der Waals surface area contributed by atoms with Crippen LogP contribution in [0.15, 0.2) is 24.3 Å². The lowest BCUT2D eigenvalue weighted by atomic mass is 10.1. The van der Waals surface area contributed by atoms with Crippen molar-refractivity contribution in [3.05, 3.63) is 29.8 Å². The molecular formula is C18H28N3O+. The van der Waals surface area contributed by atoms with E-state index in [1.54, 1.807) is 0 Å². The molecule has 2 aliphatic rings. The van der Waals surface area contributed by atoms with Crippen molar-refractivity contribution in [2.24, 2.45) is 0 Å². The number of piperazine rings is 1. The van der Waals surface area contributed by atoms with Gasteiger partial charge < -0.3 is 15.1 Å². The molecule has 1 aliphatic heterocycles. The molecule has 1 saturated heterocycles. The van der Waals surface area contributed by atoms with Gasteiger partial charge in [-0.25, -0.2) is 0 Å². The second kappa shape index (κ2) is 7.14. The Kier molecular flexibility index (Phi) is 4.98. The standard InChI is InChI=1S/C18H27N3O/c1-15-6-2-5-9-17(15)21-12-10-20(11-13-21)14-18(22)19-16-7-3-4-8-16/h2,5-6,9,16H,3-4,7-8,10-14H2,1H3,(H,19,22)/p+1. The van der Waals surface area contributed by atoms with E-state index in [-0.39, 0.29) is 5.91 Å². The van der Waals surface area contributed by atoms with Gasteiger partial charge in [0.25, 0.3) is 5.91 Å². The Bertz CT molecular complexity index is 503. The maximum Gasteiger partial charge on any atom is 0.275 e. The van der Waals surface area contributed by atoms with Crippen molar-refractivity contribution in [2.75, 3.05) is 37.6 Å². The average Bonchev–Trinajstić information content (AvgIpc) is 3.01. The van der Waals surface area contributed by atoms with E-state index in [1.165, 1.54) is 41.8 Å². The molecule has 0 bridgehead atoms.